The first-order valence-corrected chi connectivity index (χ1v) is 19.8. The van der Waals surface area contributed by atoms with Crippen molar-refractivity contribution in [2.45, 2.75) is 161 Å². The average Bonchev–Trinajstić information content (AvgIpc) is 3.12. The maximum absolute atomic E-state index is 12.2. The van der Waals surface area contributed by atoms with Crippen molar-refractivity contribution in [1.82, 2.24) is 0 Å². The van der Waals surface area contributed by atoms with Crippen LogP contribution in [-0.2, 0) is 19.1 Å². The minimum Gasteiger partial charge on any atom is -0.462 e. The zero-order valence-electron chi connectivity index (χ0n) is 31.9. The Morgan fingerprint density at radius 2 is 0.860 bits per heavy atom. The van der Waals surface area contributed by atoms with Crippen molar-refractivity contribution in [3.05, 3.63) is 97.2 Å². The minimum atomic E-state index is -0.806. The predicted molar refractivity (Wildman–Crippen MR) is 214 cm³/mol. The fourth-order valence-electron chi connectivity index (χ4n) is 4.88. The number of unbranched alkanes of at least 4 members (excludes halogenated alkanes) is 10. The minimum absolute atomic E-state index is 0.0973. The molecule has 0 bridgehead atoms. The van der Waals surface area contributed by atoms with Crippen molar-refractivity contribution in [3.8, 4) is 0 Å². The normalized spacial score (nSPS) is 13.3. The summed E-state index contributed by atoms with van der Waals surface area (Å²) in [6.07, 6.45) is 56.1. The molecule has 0 spiro atoms. The largest absolute Gasteiger partial charge is 0.462 e. The number of allylic oxidation sites excluding steroid dienone is 16. The van der Waals surface area contributed by atoms with Gasteiger partial charge in [0.15, 0.2) is 6.10 Å². The predicted octanol–water partition coefficient (Wildman–Crippen LogP) is 12.5. The van der Waals surface area contributed by atoms with Crippen LogP contribution in [0.1, 0.15) is 155 Å². The summed E-state index contributed by atoms with van der Waals surface area (Å²) >= 11 is 0. The molecule has 0 amide bonds. The fourth-order valence-corrected chi connectivity index (χ4v) is 4.88. The number of esters is 2. The summed E-state index contributed by atoms with van der Waals surface area (Å²) in [5, 5.41) is 9.55. The molecule has 0 fully saturated rings. The number of aliphatic hydroxyl groups is 1. The van der Waals surface area contributed by atoms with Crippen molar-refractivity contribution < 1.29 is 24.2 Å². The molecule has 0 aromatic rings. The summed E-state index contributed by atoms with van der Waals surface area (Å²) in [4.78, 5) is 24.2. The fraction of sp³-hybridized carbons (Fsp3) is 0.600. The summed E-state index contributed by atoms with van der Waals surface area (Å²) in [6, 6.07) is 0. The van der Waals surface area contributed by atoms with Gasteiger partial charge in [0.2, 0.25) is 0 Å². The molecule has 0 aromatic heterocycles. The van der Waals surface area contributed by atoms with Gasteiger partial charge in [-0.2, -0.15) is 0 Å². The van der Waals surface area contributed by atoms with Crippen LogP contribution in [0.3, 0.4) is 0 Å². The van der Waals surface area contributed by atoms with Crippen molar-refractivity contribution in [3.63, 3.8) is 0 Å². The van der Waals surface area contributed by atoms with Crippen LogP contribution in [-0.4, -0.2) is 36.4 Å². The van der Waals surface area contributed by atoms with E-state index in [2.05, 4.69) is 111 Å². The van der Waals surface area contributed by atoms with Crippen LogP contribution in [0.15, 0.2) is 97.2 Å². The van der Waals surface area contributed by atoms with E-state index < -0.39 is 6.10 Å². The third kappa shape index (κ3) is 37.6. The Labute approximate surface area is 307 Å². The Kier molecular flexibility index (Phi) is 37.7. The molecule has 0 aromatic carbocycles. The Morgan fingerprint density at radius 1 is 0.480 bits per heavy atom. The van der Waals surface area contributed by atoms with Gasteiger partial charge in [0, 0.05) is 12.8 Å². The second-order valence-corrected chi connectivity index (χ2v) is 12.6. The van der Waals surface area contributed by atoms with Crippen LogP contribution >= 0.6 is 0 Å². The highest BCUT2D eigenvalue weighted by Gasteiger charge is 2.16. The van der Waals surface area contributed by atoms with Crippen LogP contribution < -0.4 is 0 Å². The molecule has 1 unspecified atom stereocenters. The van der Waals surface area contributed by atoms with E-state index in [4.69, 9.17) is 9.47 Å². The SMILES string of the molecule is CC/C=C\C/C=C\C/C=C\C/C=C\C/C=C\C/C=C\CCCCC(=O)OC(CO)COC(=O)CCCCCCC/C=C\C/C=C\CCCCC. The van der Waals surface area contributed by atoms with Crippen molar-refractivity contribution in [2.24, 2.45) is 0 Å². The summed E-state index contributed by atoms with van der Waals surface area (Å²) in [7, 11) is 0. The van der Waals surface area contributed by atoms with Gasteiger partial charge in [-0.25, -0.2) is 0 Å². The Morgan fingerprint density at radius 3 is 1.34 bits per heavy atom. The van der Waals surface area contributed by atoms with Crippen LogP contribution in [0.25, 0.3) is 0 Å². The molecule has 5 nitrogen and oxygen atoms in total. The monoisotopic (exact) mass is 693 g/mol. The molecule has 0 rings (SSSR count). The van der Waals surface area contributed by atoms with Crippen LogP contribution in [0.4, 0.5) is 0 Å². The Bertz CT molecular complexity index is 1010. The molecule has 5 heteroatoms. The number of carbonyl (C=O) groups excluding carboxylic acids is 2. The number of aliphatic hydroxyl groups excluding tert-OH is 1. The first kappa shape index (κ1) is 46.8. The van der Waals surface area contributed by atoms with Gasteiger partial charge in [0.25, 0.3) is 0 Å². The van der Waals surface area contributed by atoms with Gasteiger partial charge in [-0.1, -0.05) is 143 Å². The van der Waals surface area contributed by atoms with Gasteiger partial charge in [-0.05, 0) is 96.3 Å². The number of ether oxygens (including phenoxy) is 2. The molecule has 0 aliphatic carbocycles. The molecular formula is C45H72O5. The van der Waals surface area contributed by atoms with E-state index in [9.17, 15) is 14.7 Å². The van der Waals surface area contributed by atoms with Gasteiger partial charge < -0.3 is 14.6 Å². The number of hydrogen-bond acceptors (Lipinski definition) is 5. The molecule has 50 heavy (non-hydrogen) atoms. The molecule has 0 saturated heterocycles. The van der Waals surface area contributed by atoms with E-state index in [1.807, 2.05) is 0 Å². The highest BCUT2D eigenvalue weighted by atomic mass is 16.6. The molecule has 0 aliphatic rings. The van der Waals surface area contributed by atoms with E-state index in [0.717, 1.165) is 96.3 Å². The topological polar surface area (TPSA) is 72.8 Å². The lowest BCUT2D eigenvalue weighted by Gasteiger charge is -2.15. The zero-order valence-corrected chi connectivity index (χ0v) is 31.9. The second-order valence-electron chi connectivity index (χ2n) is 12.6. The first-order chi connectivity index (χ1) is 24.6. The lowest BCUT2D eigenvalue weighted by Crippen LogP contribution is -2.28. The highest BCUT2D eigenvalue weighted by molar-refractivity contribution is 5.70. The molecule has 1 atom stereocenters. The van der Waals surface area contributed by atoms with E-state index in [0.29, 0.717) is 12.8 Å². The Hall–Kier alpha value is -3.18. The standard InChI is InChI=1S/C45H72O5/c1-3-5-7-9-11-13-15-17-19-20-21-22-23-24-26-28-30-32-34-36-38-40-45(48)50-43(41-46)42-49-44(47)39-37-35-33-31-29-27-25-18-16-14-12-10-8-6-4-2/h5,7,11-14,17-19,21-22,24-26,30,32,43,46H,3-4,6,8-10,15-16,20,23,27-29,31,33-42H2,1-2H3/b7-5-,13-11-,14-12-,19-17-,22-21-,25-18-,26-24-,32-30-. The maximum atomic E-state index is 12.2. The third-order valence-electron chi connectivity index (χ3n) is 7.86. The molecule has 0 radical (unpaired) electrons. The van der Waals surface area contributed by atoms with E-state index in [-0.39, 0.29) is 25.2 Å². The lowest BCUT2D eigenvalue weighted by atomic mass is 10.1. The summed E-state index contributed by atoms with van der Waals surface area (Å²) in [5.74, 6) is -0.668. The summed E-state index contributed by atoms with van der Waals surface area (Å²) < 4.78 is 10.6. The quantitative estimate of drug-likeness (QED) is 0.0413. The van der Waals surface area contributed by atoms with Gasteiger partial charge >= 0.3 is 11.9 Å². The number of rotatable bonds is 34. The zero-order chi connectivity index (χ0) is 36.4. The van der Waals surface area contributed by atoms with Gasteiger partial charge in [-0.15, -0.1) is 0 Å². The van der Waals surface area contributed by atoms with Crippen molar-refractivity contribution in [1.29, 1.82) is 0 Å². The summed E-state index contributed by atoms with van der Waals surface area (Å²) in [5.41, 5.74) is 0. The molecule has 0 aliphatic heterocycles. The van der Waals surface area contributed by atoms with Gasteiger partial charge in [-0.3, -0.25) is 9.59 Å². The van der Waals surface area contributed by atoms with E-state index in [1.54, 1.807) is 0 Å². The van der Waals surface area contributed by atoms with Crippen LogP contribution in [0.5, 0.6) is 0 Å². The molecule has 0 saturated carbocycles. The smallest absolute Gasteiger partial charge is 0.306 e. The Balaban J connectivity index is 3.73. The highest BCUT2D eigenvalue weighted by Crippen LogP contribution is 2.10. The van der Waals surface area contributed by atoms with E-state index >= 15 is 0 Å². The third-order valence-corrected chi connectivity index (χ3v) is 7.86. The first-order valence-electron chi connectivity index (χ1n) is 19.8. The molecule has 1 N–H and O–H groups in total. The van der Waals surface area contributed by atoms with Gasteiger partial charge in [0.05, 0.1) is 6.61 Å². The number of hydrogen-bond donors (Lipinski definition) is 1. The molecule has 0 heterocycles. The maximum Gasteiger partial charge on any atom is 0.306 e. The van der Waals surface area contributed by atoms with Crippen LogP contribution in [0.2, 0.25) is 0 Å². The second kappa shape index (κ2) is 40.3. The summed E-state index contributed by atoms with van der Waals surface area (Å²) in [6.45, 7) is 3.93. The van der Waals surface area contributed by atoms with Gasteiger partial charge in [0.1, 0.15) is 6.61 Å². The van der Waals surface area contributed by atoms with Crippen molar-refractivity contribution >= 4 is 11.9 Å². The molecule has 282 valence electrons. The lowest BCUT2D eigenvalue weighted by molar-refractivity contribution is -0.161. The number of carbonyl (C=O) groups is 2. The van der Waals surface area contributed by atoms with Crippen LogP contribution in [0, 0.1) is 0 Å². The average molecular weight is 693 g/mol. The van der Waals surface area contributed by atoms with Crippen molar-refractivity contribution in [2.75, 3.05) is 13.2 Å². The molecular weight excluding hydrogens is 620 g/mol. The van der Waals surface area contributed by atoms with E-state index in [1.165, 1.54) is 32.1 Å².